The fourth-order valence-electron chi connectivity index (χ4n) is 1.43. The molecule has 2 amide bonds. The monoisotopic (exact) mass is 254 g/mol. The first-order valence-electron chi connectivity index (χ1n) is 5.29. The molecule has 0 radical (unpaired) electrons. The van der Waals surface area contributed by atoms with Gasteiger partial charge >= 0.3 is 0 Å². The molecule has 1 aromatic rings. The standard InChI is InChI=1S/C12H15ClN2O2/c1-9(16)14-7-8-15(10(2)17)12-5-3-11(13)4-6-12/h3-6H,7-8H2,1-2H3,(H,14,16). The molecular weight excluding hydrogens is 240 g/mol. The van der Waals surface area contributed by atoms with Gasteiger partial charge in [0.1, 0.15) is 0 Å². The summed E-state index contributed by atoms with van der Waals surface area (Å²) in [6.45, 7) is 3.80. The number of carbonyl (C=O) groups excluding carboxylic acids is 2. The summed E-state index contributed by atoms with van der Waals surface area (Å²) in [6, 6.07) is 7.01. The first kappa shape index (κ1) is 13.5. The Hall–Kier alpha value is -1.55. The molecule has 1 rings (SSSR count). The van der Waals surface area contributed by atoms with Crippen molar-refractivity contribution in [3.05, 3.63) is 29.3 Å². The molecule has 1 N–H and O–H groups in total. The van der Waals surface area contributed by atoms with Gasteiger partial charge in [0.25, 0.3) is 0 Å². The van der Waals surface area contributed by atoms with Gasteiger partial charge in [-0.2, -0.15) is 0 Å². The van der Waals surface area contributed by atoms with Crippen molar-refractivity contribution in [3.63, 3.8) is 0 Å². The summed E-state index contributed by atoms with van der Waals surface area (Å²) in [4.78, 5) is 23.8. The van der Waals surface area contributed by atoms with Crippen molar-refractivity contribution < 1.29 is 9.59 Å². The number of hydrogen-bond acceptors (Lipinski definition) is 2. The average Bonchev–Trinajstić information content (AvgIpc) is 2.25. The van der Waals surface area contributed by atoms with Crippen LogP contribution in [0.25, 0.3) is 0 Å². The van der Waals surface area contributed by atoms with Gasteiger partial charge in [0.15, 0.2) is 0 Å². The highest BCUT2D eigenvalue weighted by Crippen LogP contribution is 2.17. The van der Waals surface area contributed by atoms with E-state index in [2.05, 4.69) is 5.32 Å². The molecule has 5 heteroatoms. The molecule has 0 saturated heterocycles. The third-order valence-corrected chi connectivity index (χ3v) is 2.48. The third kappa shape index (κ3) is 4.44. The number of anilines is 1. The summed E-state index contributed by atoms with van der Waals surface area (Å²) in [6.07, 6.45) is 0. The summed E-state index contributed by atoms with van der Waals surface area (Å²) in [5.41, 5.74) is 0.771. The van der Waals surface area contributed by atoms with E-state index in [1.165, 1.54) is 13.8 Å². The highest BCUT2D eigenvalue weighted by atomic mass is 35.5. The number of hydrogen-bond donors (Lipinski definition) is 1. The lowest BCUT2D eigenvalue weighted by Gasteiger charge is -2.21. The Bertz CT molecular complexity index is 403. The van der Waals surface area contributed by atoms with E-state index in [4.69, 9.17) is 11.6 Å². The van der Waals surface area contributed by atoms with Crippen LogP contribution in [0, 0.1) is 0 Å². The van der Waals surface area contributed by atoms with Crippen molar-refractivity contribution >= 4 is 29.1 Å². The van der Waals surface area contributed by atoms with Gasteiger partial charge < -0.3 is 10.2 Å². The van der Waals surface area contributed by atoms with Crippen molar-refractivity contribution in [3.8, 4) is 0 Å². The molecule has 0 unspecified atom stereocenters. The SMILES string of the molecule is CC(=O)NCCN(C(C)=O)c1ccc(Cl)cc1. The fourth-order valence-corrected chi connectivity index (χ4v) is 1.56. The Labute approximate surface area is 106 Å². The van der Waals surface area contributed by atoms with Crippen LogP contribution in [0.1, 0.15) is 13.8 Å². The Kier molecular flexibility index (Phi) is 4.97. The molecule has 4 nitrogen and oxygen atoms in total. The van der Waals surface area contributed by atoms with Crippen LogP contribution in [-0.4, -0.2) is 24.9 Å². The lowest BCUT2D eigenvalue weighted by atomic mass is 10.3. The van der Waals surface area contributed by atoms with Crippen molar-refractivity contribution in [1.82, 2.24) is 5.32 Å². The van der Waals surface area contributed by atoms with Crippen molar-refractivity contribution in [2.24, 2.45) is 0 Å². The quantitative estimate of drug-likeness (QED) is 0.891. The molecule has 17 heavy (non-hydrogen) atoms. The maximum atomic E-state index is 11.5. The zero-order chi connectivity index (χ0) is 12.8. The molecule has 92 valence electrons. The van der Waals surface area contributed by atoms with Crippen LogP contribution in [0.2, 0.25) is 5.02 Å². The number of halogens is 1. The lowest BCUT2D eigenvalue weighted by molar-refractivity contribution is -0.119. The summed E-state index contributed by atoms with van der Waals surface area (Å²) in [7, 11) is 0. The normalized spacial score (nSPS) is 9.82. The van der Waals surface area contributed by atoms with Gasteiger partial charge in [-0.1, -0.05) is 11.6 Å². The summed E-state index contributed by atoms with van der Waals surface area (Å²) < 4.78 is 0. The molecule has 0 bridgehead atoms. The first-order chi connectivity index (χ1) is 8.00. The van der Waals surface area contributed by atoms with Crippen LogP contribution in [0.3, 0.4) is 0 Å². The Morgan fingerprint density at radius 1 is 1.24 bits per heavy atom. The van der Waals surface area contributed by atoms with Gasteiger partial charge in [-0.25, -0.2) is 0 Å². The molecular formula is C12H15ClN2O2. The minimum atomic E-state index is -0.107. The molecule has 0 spiro atoms. The summed E-state index contributed by atoms with van der Waals surface area (Å²) in [5, 5.41) is 3.28. The van der Waals surface area contributed by atoms with E-state index in [1.54, 1.807) is 29.2 Å². The van der Waals surface area contributed by atoms with Gasteiger partial charge in [0, 0.05) is 37.6 Å². The number of nitrogens with zero attached hydrogens (tertiary/aromatic N) is 1. The number of amides is 2. The molecule has 0 atom stereocenters. The fraction of sp³-hybridized carbons (Fsp3) is 0.333. The van der Waals surface area contributed by atoms with E-state index in [-0.39, 0.29) is 11.8 Å². The second kappa shape index (κ2) is 6.25. The second-order valence-electron chi connectivity index (χ2n) is 3.63. The molecule has 0 aromatic heterocycles. The van der Waals surface area contributed by atoms with Gasteiger partial charge in [-0.05, 0) is 24.3 Å². The smallest absolute Gasteiger partial charge is 0.223 e. The van der Waals surface area contributed by atoms with Gasteiger partial charge in [0.2, 0.25) is 11.8 Å². The van der Waals surface area contributed by atoms with Crippen molar-refractivity contribution in [2.45, 2.75) is 13.8 Å². The zero-order valence-corrected chi connectivity index (χ0v) is 10.6. The number of carbonyl (C=O) groups is 2. The van der Waals surface area contributed by atoms with Crippen molar-refractivity contribution in [2.75, 3.05) is 18.0 Å². The van der Waals surface area contributed by atoms with E-state index >= 15 is 0 Å². The van der Waals surface area contributed by atoms with E-state index in [0.717, 1.165) is 5.69 Å². The second-order valence-corrected chi connectivity index (χ2v) is 4.07. The van der Waals surface area contributed by atoms with Crippen LogP contribution >= 0.6 is 11.6 Å². The molecule has 1 aromatic carbocycles. The number of rotatable bonds is 4. The van der Waals surface area contributed by atoms with Gasteiger partial charge in [-0.3, -0.25) is 9.59 Å². The van der Waals surface area contributed by atoms with Crippen LogP contribution in [0.5, 0.6) is 0 Å². The van der Waals surface area contributed by atoms with E-state index in [9.17, 15) is 9.59 Å². The molecule has 0 aliphatic rings. The lowest BCUT2D eigenvalue weighted by Crippen LogP contribution is -2.36. The van der Waals surface area contributed by atoms with Crippen molar-refractivity contribution in [1.29, 1.82) is 0 Å². The Morgan fingerprint density at radius 3 is 2.29 bits per heavy atom. The maximum Gasteiger partial charge on any atom is 0.223 e. The minimum Gasteiger partial charge on any atom is -0.355 e. The number of benzene rings is 1. The Morgan fingerprint density at radius 2 is 1.82 bits per heavy atom. The highest BCUT2D eigenvalue weighted by Gasteiger charge is 2.10. The Balaban J connectivity index is 2.69. The molecule has 0 saturated carbocycles. The van der Waals surface area contributed by atoms with Gasteiger partial charge in [0.05, 0.1) is 0 Å². The van der Waals surface area contributed by atoms with Crippen LogP contribution in [0.15, 0.2) is 24.3 Å². The topological polar surface area (TPSA) is 49.4 Å². The number of nitrogens with one attached hydrogen (secondary N) is 1. The highest BCUT2D eigenvalue weighted by molar-refractivity contribution is 6.30. The van der Waals surface area contributed by atoms with E-state index < -0.39 is 0 Å². The van der Waals surface area contributed by atoms with Gasteiger partial charge in [-0.15, -0.1) is 0 Å². The van der Waals surface area contributed by atoms with E-state index in [1.807, 2.05) is 0 Å². The first-order valence-corrected chi connectivity index (χ1v) is 5.66. The predicted molar refractivity (Wildman–Crippen MR) is 68.2 cm³/mol. The molecule has 0 aliphatic heterocycles. The molecule has 0 aliphatic carbocycles. The summed E-state index contributed by atoms with van der Waals surface area (Å²) in [5.74, 6) is -0.178. The minimum absolute atomic E-state index is 0.0716. The average molecular weight is 255 g/mol. The zero-order valence-electron chi connectivity index (χ0n) is 9.87. The third-order valence-electron chi connectivity index (χ3n) is 2.23. The van der Waals surface area contributed by atoms with Crippen LogP contribution < -0.4 is 10.2 Å². The maximum absolute atomic E-state index is 11.5. The summed E-state index contributed by atoms with van der Waals surface area (Å²) >= 11 is 5.78. The molecule has 0 heterocycles. The van der Waals surface area contributed by atoms with E-state index in [0.29, 0.717) is 18.1 Å². The predicted octanol–water partition coefficient (Wildman–Crippen LogP) is 1.83. The largest absolute Gasteiger partial charge is 0.355 e. The van der Waals surface area contributed by atoms with Crippen LogP contribution in [-0.2, 0) is 9.59 Å². The molecule has 0 fully saturated rings. The van der Waals surface area contributed by atoms with Crippen LogP contribution in [0.4, 0.5) is 5.69 Å².